The third kappa shape index (κ3) is 2.79. The van der Waals surface area contributed by atoms with E-state index in [1.54, 1.807) is 6.92 Å². The molecule has 0 radical (unpaired) electrons. The van der Waals surface area contributed by atoms with Crippen LogP contribution in [0.3, 0.4) is 0 Å². The lowest BCUT2D eigenvalue weighted by Crippen LogP contribution is -2.67. The maximum absolute atomic E-state index is 10.5. The van der Waals surface area contributed by atoms with Gasteiger partial charge in [-0.2, -0.15) is 0 Å². The van der Waals surface area contributed by atoms with E-state index in [9.17, 15) is 15.0 Å². The lowest BCUT2D eigenvalue weighted by atomic mass is 9.90. The van der Waals surface area contributed by atoms with Crippen molar-refractivity contribution in [3.63, 3.8) is 0 Å². The molecule has 0 aromatic carbocycles. The quantitative estimate of drug-likeness (QED) is 0.582. The molecule has 0 aliphatic carbocycles. The van der Waals surface area contributed by atoms with Crippen molar-refractivity contribution in [1.29, 1.82) is 0 Å². The smallest absolute Gasteiger partial charge is 0.171 e. The van der Waals surface area contributed by atoms with Gasteiger partial charge in [0.2, 0.25) is 0 Å². The minimum atomic E-state index is -1.26. The zero-order valence-electron chi connectivity index (χ0n) is 9.03. The molecule has 1 rings (SSSR count). The van der Waals surface area contributed by atoms with Crippen molar-refractivity contribution in [3.8, 4) is 0 Å². The van der Waals surface area contributed by atoms with Gasteiger partial charge in [0.15, 0.2) is 5.11 Å². The average molecular weight is 231 g/mol. The topological polar surface area (TPSA) is 75.6 Å². The fourth-order valence-electron chi connectivity index (χ4n) is 1.92. The third-order valence-electron chi connectivity index (χ3n) is 2.34. The van der Waals surface area contributed by atoms with Crippen LogP contribution in [-0.4, -0.2) is 38.9 Å². The van der Waals surface area contributed by atoms with E-state index < -0.39 is 18.2 Å². The SMILES string of the molecule is CC1(C)CC(C)(O)N(CC(=O)[O-])C(=S)N1. The van der Waals surface area contributed by atoms with E-state index in [-0.39, 0.29) is 10.7 Å². The Morgan fingerprint density at radius 2 is 2.20 bits per heavy atom. The Labute approximate surface area is 94.1 Å². The van der Waals surface area contributed by atoms with Crippen LogP contribution in [0, 0.1) is 0 Å². The molecule has 0 bridgehead atoms. The zero-order valence-corrected chi connectivity index (χ0v) is 9.85. The van der Waals surface area contributed by atoms with Crippen LogP contribution in [0.1, 0.15) is 27.2 Å². The summed E-state index contributed by atoms with van der Waals surface area (Å²) >= 11 is 5.01. The predicted octanol–water partition coefficient (Wildman–Crippen LogP) is -1.20. The molecule has 15 heavy (non-hydrogen) atoms. The number of aliphatic hydroxyl groups is 1. The summed E-state index contributed by atoms with van der Waals surface area (Å²) in [4.78, 5) is 11.7. The number of nitrogens with zero attached hydrogens (tertiary/aromatic N) is 1. The van der Waals surface area contributed by atoms with Gasteiger partial charge >= 0.3 is 0 Å². The van der Waals surface area contributed by atoms with E-state index in [0.717, 1.165) is 0 Å². The molecule has 1 atom stereocenters. The second kappa shape index (κ2) is 3.61. The number of carbonyl (C=O) groups excluding carboxylic acids is 1. The van der Waals surface area contributed by atoms with E-state index in [0.29, 0.717) is 6.42 Å². The number of rotatable bonds is 2. The summed E-state index contributed by atoms with van der Waals surface area (Å²) in [6, 6.07) is 0. The Kier molecular flexibility index (Phi) is 2.93. The molecule has 2 N–H and O–H groups in total. The third-order valence-corrected chi connectivity index (χ3v) is 2.66. The first-order chi connectivity index (χ1) is 6.64. The molecular formula is C9H15N2O3S-. The monoisotopic (exact) mass is 231 g/mol. The molecule has 0 aromatic heterocycles. The molecule has 1 unspecified atom stereocenters. The minimum absolute atomic E-state index is 0.237. The number of carboxylic acid groups (broad SMARTS) is 1. The van der Waals surface area contributed by atoms with Crippen LogP contribution in [0.15, 0.2) is 0 Å². The second-order valence-corrected chi connectivity index (χ2v) is 5.05. The highest BCUT2D eigenvalue weighted by Crippen LogP contribution is 2.28. The summed E-state index contributed by atoms with van der Waals surface area (Å²) in [7, 11) is 0. The van der Waals surface area contributed by atoms with E-state index >= 15 is 0 Å². The normalized spacial score (nSPS) is 29.9. The van der Waals surface area contributed by atoms with Crippen molar-refractivity contribution in [1.82, 2.24) is 10.2 Å². The molecule has 0 spiro atoms. The molecule has 0 saturated carbocycles. The Morgan fingerprint density at radius 1 is 1.67 bits per heavy atom. The van der Waals surface area contributed by atoms with Gasteiger partial charge in [0.1, 0.15) is 5.72 Å². The highest BCUT2D eigenvalue weighted by Gasteiger charge is 2.42. The summed E-state index contributed by atoms with van der Waals surface area (Å²) in [5.74, 6) is -1.26. The molecule has 0 amide bonds. The van der Waals surface area contributed by atoms with Crippen molar-refractivity contribution < 1.29 is 15.0 Å². The van der Waals surface area contributed by atoms with Gasteiger partial charge in [0, 0.05) is 12.0 Å². The number of hydrogen-bond acceptors (Lipinski definition) is 4. The summed E-state index contributed by atoms with van der Waals surface area (Å²) in [6.07, 6.45) is 0.382. The highest BCUT2D eigenvalue weighted by molar-refractivity contribution is 7.80. The fraction of sp³-hybridized carbons (Fsp3) is 0.778. The van der Waals surface area contributed by atoms with E-state index in [2.05, 4.69) is 5.32 Å². The van der Waals surface area contributed by atoms with Gasteiger partial charge in [-0.3, -0.25) is 0 Å². The molecule has 1 fully saturated rings. The maximum atomic E-state index is 10.5. The Bertz CT molecular complexity index is 302. The number of carbonyl (C=O) groups is 1. The van der Waals surface area contributed by atoms with Gasteiger partial charge in [-0.25, -0.2) is 0 Å². The van der Waals surface area contributed by atoms with Crippen LogP contribution in [0.4, 0.5) is 0 Å². The molecule has 0 aromatic rings. The lowest BCUT2D eigenvalue weighted by molar-refractivity contribution is -0.308. The predicted molar refractivity (Wildman–Crippen MR) is 56.8 cm³/mol. The van der Waals surface area contributed by atoms with Crippen LogP contribution in [-0.2, 0) is 4.79 Å². The van der Waals surface area contributed by atoms with Crippen molar-refractivity contribution in [2.45, 2.75) is 38.5 Å². The van der Waals surface area contributed by atoms with Crippen LogP contribution in [0.5, 0.6) is 0 Å². The fourth-order valence-corrected chi connectivity index (χ4v) is 2.46. The molecule has 5 nitrogen and oxygen atoms in total. The van der Waals surface area contributed by atoms with Crippen molar-refractivity contribution in [2.75, 3.05) is 6.54 Å². The Hall–Kier alpha value is -0.880. The first-order valence-corrected chi connectivity index (χ1v) is 5.07. The Balaban J connectivity index is 2.89. The van der Waals surface area contributed by atoms with Crippen LogP contribution in [0.25, 0.3) is 0 Å². The van der Waals surface area contributed by atoms with E-state index in [1.807, 2.05) is 13.8 Å². The first-order valence-electron chi connectivity index (χ1n) is 4.66. The molecule has 1 saturated heterocycles. The van der Waals surface area contributed by atoms with Gasteiger partial charge in [-0.1, -0.05) is 0 Å². The minimum Gasteiger partial charge on any atom is -0.548 e. The standard InChI is InChI=1S/C9H16N2O3S/c1-8(2)5-9(3,14)11(4-6(12)13)7(15)10-8/h14H,4-5H2,1-3H3,(H,10,15)(H,12,13)/p-1. The van der Waals surface area contributed by atoms with Crippen LogP contribution >= 0.6 is 12.2 Å². The molecule has 6 heteroatoms. The van der Waals surface area contributed by atoms with Gasteiger partial charge in [0.05, 0.1) is 12.5 Å². The number of aliphatic carboxylic acids is 1. The molecule has 1 aliphatic rings. The summed E-state index contributed by atoms with van der Waals surface area (Å²) in [6.45, 7) is 4.92. The zero-order chi connectivity index (χ0) is 11.9. The Morgan fingerprint density at radius 3 is 2.60 bits per heavy atom. The van der Waals surface area contributed by atoms with E-state index in [4.69, 9.17) is 12.2 Å². The number of nitrogens with one attached hydrogen (secondary N) is 1. The summed E-state index contributed by atoms with van der Waals surface area (Å²) < 4.78 is 0. The lowest BCUT2D eigenvalue weighted by Gasteiger charge is -2.49. The average Bonchev–Trinajstić information content (AvgIpc) is 1.93. The molecule has 1 aliphatic heterocycles. The maximum Gasteiger partial charge on any atom is 0.171 e. The van der Waals surface area contributed by atoms with E-state index in [1.165, 1.54) is 4.90 Å². The largest absolute Gasteiger partial charge is 0.548 e. The first kappa shape index (κ1) is 12.2. The van der Waals surface area contributed by atoms with Gasteiger partial charge < -0.3 is 25.2 Å². The van der Waals surface area contributed by atoms with Gasteiger partial charge in [-0.15, -0.1) is 0 Å². The number of hydrogen-bond donors (Lipinski definition) is 2. The molecular weight excluding hydrogens is 216 g/mol. The number of thiocarbonyl (C=S) groups is 1. The molecule has 86 valence electrons. The summed E-state index contributed by atoms with van der Waals surface area (Å²) in [5.41, 5.74) is -1.60. The van der Waals surface area contributed by atoms with Gasteiger partial charge in [0.25, 0.3) is 0 Å². The van der Waals surface area contributed by atoms with Crippen LogP contribution < -0.4 is 10.4 Å². The number of carboxylic acids is 1. The van der Waals surface area contributed by atoms with Crippen LogP contribution in [0.2, 0.25) is 0 Å². The van der Waals surface area contributed by atoms with Crippen molar-refractivity contribution >= 4 is 23.3 Å². The summed E-state index contributed by atoms with van der Waals surface area (Å²) in [5, 5.41) is 23.8. The molecule has 1 heterocycles. The highest BCUT2D eigenvalue weighted by atomic mass is 32.1. The van der Waals surface area contributed by atoms with Gasteiger partial charge in [-0.05, 0) is 33.0 Å². The van der Waals surface area contributed by atoms with Crippen molar-refractivity contribution in [3.05, 3.63) is 0 Å². The van der Waals surface area contributed by atoms with Crippen molar-refractivity contribution in [2.24, 2.45) is 0 Å². The second-order valence-electron chi connectivity index (χ2n) is 4.67.